The zero-order valence-electron chi connectivity index (χ0n) is 14.8. The number of benzene rings is 1. The Morgan fingerprint density at radius 1 is 1.29 bits per heavy atom. The van der Waals surface area contributed by atoms with Crippen LogP contribution in [0.1, 0.15) is 38.7 Å². The van der Waals surface area contributed by atoms with Crippen molar-refractivity contribution in [3.63, 3.8) is 0 Å². The van der Waals surface area contributed by atoms with Crippen LogP contribution < -0.4 is 10.1 Å². The number of hydrogen-bond acceptors (Lipinski definition) is 3. The van der Waals surface area contributed by atoms with Gasteiger partial charge < -0.3 is 15.0 Å². The van der Waals surface area contributed by atoms with Gasteiger partial charge in [-0.1, -0.05) is 32.0 Å². The number of para-hydroxylation sites is 1. The van der Waals surface area contributed by atoms with Crippen LogP contribution >= 0.6 is 0 Å². The minimum Gasteiger partial charge on any atom is -0.461 e. The van der Waals surface area contributed by atoms with Crippen LogP contribution in [0.5, 0.6) is 5.75 Å². The van der Waals surface area contributed by atoms with Gasteiger partial charge in [0.05, 0.1) is 5.57 Å². The van der Waals surface area contributed by atoms with E-state index < -0.39 is 0 Å². The van der Waals surface area contributed by atoms with Crippen molar-refractivity contribution in [1.82, 2.24) is 10.2 Å². The first kappa shape index (κ1) is 17.0. The first-order valence-corrected chi connectivity index (χ1v) is 9.15. The molecular formula is C20H28N2O2. The van der Waals surface area contributed by atoms with Crippen molar-refractivity contribution >= 4 is 5.91 Å². The van der Waals surface area contributed by atoms with Gasteiger partial charge in [0.15, 0.2) is 0 Å². The first-order valence-electron chi connectivity index (χ1n) is 9.15. The fraction of sp³-hybridized carbons (Fsp3) is 0.550. The number of nitrogens with one attached hydrogen (secondary N) is 1. The summed E-state index contributed by atoms with van der Waals surface area (Å²) >= 11 is 0. The summed E-state index contributed by atoms with van der Waals surface area (Å²) in [6, 6.07) is 7.96. The molecule has 1 aromatic carbocycles. The van der Waals surface area contributed by atoms with Crippen molar-refractivity contribution in [1.29, 1.82) is 0 Å². The van der Waals surface area contributed by atoms with E-state index >= 15 is 0 Å². The molecule has 1 saturated heterocycles. The van der Waals surface area contributed by atoms with Crippen molar-refractivity contribution in [2.75, 3.05) is 26.2 Å². The summed E-state index contributed by atoms with van der Waals surface area (Å²) in [5, 5.41) is 3.09. The monoisotopic (exact) mass is 328 g/mol. The van der Waals surface area contributed by atoms with Crippen molar-refractivity contribution in [2.45, 2.75) is 39.5 Å². The number of carbonyl (C=O) groups excluding carboxylic acids is 1. The number of nitrogens with zero attached hydrogens (tertiary/aromatic N) is 1. The van der Waals surface area contributed by atoms with Gasteiger partial charge in [0.2, 0.25) is 0 Å². The summed E-state index contributed by atoms with van der Waals surface area (Å²) < 4.78 is 5.93. The Hall–Kier alpha value is -1.81. The third-order valence-electron chi connectivity index (χ3n) is 5.09. The molecule has 2 heterocycles. The Kier molecular flexibility index (Phi) is 5.56. The maximum Gasteiger partial charge on any atom is 0.251 e. The maximum atomic E-state index is 12.6. The van der Waals surface area contributed by atoms with E-state index in [1.807, 2.05) is 31.2 Å². The number of ether oxygens (including phenoxy) is 1. The highest BCUT2D eigenvalue weighted by Crippen LogP contribution is 2.31. The lowest BCUT2D eigenvalue weighted by Gasteiger charge is -2.30. The molecular weight excluding hydrogens is 300 g/mol. The molecule has 2 aliphatic heterocycles. The van der Waals surface area contributed by atoms with Crippen LogP contribution in [0.25, 0.3) is 0 Å². The van der Waals surface area contributed by atoms with Gasteiger partial charge in [-0.25, -0.2) is 0 Å². The predicted octanol–water partition coefficient (Wildman–Crippen LogP) is 3.13. The van der Waals surface area contributed by atoms with Crippen LogP contribution in [-0.2, 0) is 11.2 Å². The molecule has 1 fully saturated rings. The molecule has 3 rings (SSSR count). The minimum atomic E-state index is 0.0201. The number of hydrogen-bond donors (Lipinski definition) is 1. The Bertz CT molecular complexity index is 616. The van der Waals surface area contributed by atoms with E-state index in [1.54, 1.807) is 0 Å². The van der Waals surface area contributed by atoms with E-state index in [2.05, 4.69) is 17.1 Å². The van der Waals surface area contributed by atoms with Crippen LogP contribution in [0.4, 0.5) is 0 Å². The Morgan fingerprint density at radius 3 is 2.79 bits per heavy atom. The summed E-state index contributed by atoms with van der Waals surface area (Å²) in [6.45, 7) is 8.29. The smallest absolute Gasteiger partial charge is 0.251 e. The molecule has 0 radical (unpaired) electrons. The van der Waals surface area contributed by atoms with E-state index in [9.17, 15) is 4.79 Å². The molecule has 0 aromatic heterocycles. The van der Waals surface area contributed by atoms with Crippen molar-refractivity contribution < 1.29 is 9.53 Å². The van der Waals surface area contributed by atoms with E-state index in [4.69, 9.17) is 4.74 Å². The highest BCUT2D eigenvalue weighted by atomic mass is 16.5. The average molecular weight is 328 g/mol. The lowest BCUT2D eigenvalue weighted by molar-refractivity contribution is -0.117. The molecule has 1 aromatic rings. The molecule has 0 atom stereocenters. The first-order chi connectivity index (χ1) is 11.7. The molecule has 2 aliphatic rings. The largest absolute Gasteiger partial charge is 0.461 e. The second-order valence-corrected chi connectivity index (χ2v) is 6.92. The Morgan fingerprint density at radius 2 is 2.04 bits per heavy atom. The average Bonchev–Trinajstić information content (AvgIpc) is 2.62. The molecule has 0 saturated carbocycles. The van der Waals surface area contributed by atoms with E-state index in [0.29, 0.717) is 13.0 Å². The van der Waals surface area contributed by atoms with Gasteiger partial charge in [0.1, 0.15) is 11.5 Å². The highest BCUT2D eigenvalue weighted by Gasteiger charge is 2.23. The molecule has 24 heavy (non-hydrogen) atoms. The normalized spacial score (nSPS) is 18.9. The fourth-order valence-corrected chi connectivity index (χ4v) is 3.45. The second-order valence-electron chi connectivity index (χ2n) is 6.92. The van der Waals surface area contributed by atoms with Crippen molar-refractivity contribution in [3.8, 4) is 5.75 Å². The topological polar surface area (TPSA) is 41.6 Å². The maximum absolute atomic E-state index is 12.6. The highest BCUT2D eigenvalue weighted by molar-refractivity contribution is 5.94. The van der Waals surface area contributed by atoms with E-state index in [0.717, 1.165) is 54.6 Å². The lowest BCUT2D eigenvalue weighted by atomic mass is 9.98. The Labute approximate surface area is 144 Å². The predicted molar refractivity (Wildman–Crippen MR) is 95.9 cm³/mol. The SMILES string of the molecule is CCC1=C(C(=O)NCCN2CCC(C)CC2)Cc2ccccc2O1. The summed E-state index contributed by atoms with van der Waals surface area (Å²) in [7, 11) is 0. The molecule has 0 spiro atoms. The molecule has 0 bridgehead atoms. The number of rotatable bonds is 5. The molecule has 0 aliphatic carbocycles. The van der Waals surface area contributed by atoms with Crippen LogP contribution in [0, 0.1) is 5.92 Å². The fourth-order valence-electron chi connectivity index (χ4n) is 3.45. The number of piperidine rings is 1. The number of amides is 1. The standard InChI is InChI=1S/C20H28N2O2/c1-3-18-17(14-16-6-4-5-7-19(16)24-18)20(23)21-10-13-22-11-8-15(2)9-12-22/h4-7,15H,3,8-14H2,1-2H3,(H,21,23). The summed E-state index contributed by atoms with van der Waals surface area (Å²) in [4.78, 5) is 15.0. The van der Waals surface area contributed by atoms with E-state index in [-0.39, 0.29) is 5.91 Å². The van der Waals surface area contributed by atoms with Gasteiger partial charge in [-0.05, 0) is 43.5 Å². The summed E-state index contributed by atoms with van der Waals surface area (Å²) in [5.41, 5.74) is 1.87. The zero-order chi connectivity index (χ0) is 16.9. The summed E-state index contributed by atoms with van der Waals surface area (Å²) in [5.74, 6) is 2.55. The number of fused-ring (bicyclic) bond motifs is 1. The number of likely N-dealkylation sites (tertiary alicyclic amines) is 1. The quantitative estimate of drug-likeness (QED) is 0.903. The van der Waals surface area contributed by atoms with Gasteiger partial charge in [-0.3, -0.25) is 4.79 Å². The van der Waals surface area contributed by atoms with Gasteiger partial charge in [-0.15, -0.1) is 0 Å². The number of carbonyl (C=O) groups is 1. The van der Waals surface area contributed by atoms with Gasteiger partial charge in [-0.2, -0.15) is 0 Å². The van der Waals surface area contributed by atoms with Crippen LogP contribution in [0.3, 0.4) is 0 Å². The molecule has 4 heteroatoms. The van der Waals surface area contributed by atoms with Crippen LogP contribution in [0.2, 0.25) is 0 Å². The van der Waals surface area contributed by atoms with Gasteiger partial charge in [0.25, 0.3) is 5.91 Å². The lowest BCUT2D eigenvalue weighted by Crippen LogP contribution is -2.40. The van der Waals surface area contributed by atoms with Crippen molar-refractivity contribution in [3.05, 3.63) is 41.2 Å². The van der Waals surface area contributed by atoms with Crippen molar-refractivity contribution in [2.24, 2.45) is 5.92 Å². The second kappa shape index (κ2) is 7.84. The van der Waals surface area contributed by atoms with E-state index in [1.165, 1.54) is 12.8 Å². The van der Waals surface area contributed by atoms with Gasteiger partial charge in [0, 0.05) is 25.9 Å². The zero-order valence-corrected chi connectivity index (χ0v) is 14.8. The van der Waals surface area contributed by atoms with Crippen LogP contribution in [-0.4, -0.2) is 37.0 Å². The van der Waals surface area contributed by atoms with Gasteiger partial charge >= 0.3 is 0 Å². The Balaban J connectivity index is 1.55. The third kappa shape index (κ3) is 3.99. The molecule has 0 unspecified atom stereocenters. The van der Waals surface area contributed by atoms with Crippen LogP contribution in [0.15, 0.2) is 35.6 Å². The summed E-state index contributed by atoms with van der Waals surface area (Å²) in [6.07, 6.45) is 3.93. The minimum absolute atomic E-state index is 0.0201. The number of allylic oxidation sites excluding steroid dienone is 1. The molecule has 4 nitrogen and oxygen atoms in total. The molecule has 130 valence electrons. The third-order valence-corrected chi connectivity index (χ3v) is 5.09. The molecule has 1 N–H and O–H groups in total. The molecule has 1 amide bonds.